The van der Waals surface area contributed by atoms with Gasteiger partial charge in [0.1, 0.15) is 0 Å². The van der Waals surface area contributed by atoms with Crippen LogP contribution in [0.2, 0.25) is 5.02 Å². The van der Waals surface area contributed by atoms with Gasteiger partial charge in [-0.25, -0.2) is 0 Å². The molecule has 6 heteroatoms. The Morgan fingerprint density at radius 3 is 2.19 bits per heavy atom. The molecule has 0 heterocycles. The molecular formula is C15H14Br2ClNO2. The first-order valence-electron chi connectivity index (χ1n) is 6.10. The first-order valence-corrected chi connectivity index (χ1v) is 8.06. The molecule has 0 aromatic heterocycles. The van der Waals surface area contributed by atoms with E-state index in [1.165, 1.54) is 0 Å². The van der Waals surface area contributed by atoms with E-state index in [4.69, 9.17) is 26.8 Å². The predicted molar refractivity (Wildman–Crippen MR) is 92.4 cm³/mol. The number of benzene rings is 2. The Kier molecular flexibility index (Phi) is 5.54. The fourth-order valence-electron chi connectivity index (χ4n) is 1.99. The topological polar surface area (TPSA) is 44.5 Å². The van der Waals surface area contributed by atoms with Crippen molar-refractivity contribution in [3.05, 3.63) is 55.4 Å². The van der Waals surface area contributed by atoms with Crippen LogP contribution < -0.4 is 15.2 Å². The molecular weight excluding hydrogens is 421 g/mol. The summed E-state index contributed by atoms with van der Waals surface area (Å²) in [6.07, 6.45) is 0. The van der Waals surface area contributed by atoms with Crippen LogP contribution in [-0.2, 0) is 0 Å². The smallest absolute Gasteiger partial charge is 0.161 e. The van der Waals surface area contributed by atoms with Gasteiger partial charge in [0.2, 0.25) is 0 Å². The summed E-state index contributed by atoms with van der Waals surface area (Å²) in [4.78, 5) is 0. The molecule has 0 saturated carbocycles. The Labute approximate surface area is 145 Å². The van der Waals surface area contributed by atoms with Gasteiger partial charge in [-0.3, -0.25) is 0 Å². The fourth-order valence-corrected chi connectivity index (χ4v) is 3.08. The highest BCUT2D eigenvalue weighted by Gasteiger charge is 2.17. The van der Waals surface area contributed by atoms with Crippen molar-refractivity contribution in [2.75, 3.05) is 14.2 Å². The van der Waals surface area contributed by atoms with Crippen molar-refractivity contribution in [3.8, 4) is 11.5 Å². The number of nitrogens with two attached hydrogens (primary N) is 1. The van der Waals surface area contributed by atoms with Crippen LogP contribution in [0.4, 0.5) is 0 Å². The van der Waals surface area contributed by atoms with Gasteiger partial charge in [0, 0.05) is 8.95 Å². The van der Waals surface area contributed by atoms with Gasteiger partial charge in [0.05, 0.1) is 25.3 Å². The second-order valence-electron chi connectivity index (χ2n) is 4.38. The van der Waals surface area contributed by atoms with Gasteiger partial charge < -0.3 is 15.2 Å². The minimum Gasteiger partial charge on any atom is -0.493 e. The Morgan fingerprint density at radius 1 is 1.00 bits per heavy atom. The largest absolute Gasteiger partial charge is 0.493 e. The molecule has 2 aromatic rings. The lowest BCUT2D eigenvalue weighted by Crippen LogP contribution is -2.13. The summed E-state index contributed by atoms with van der Waals surface area (Å²) in [5.74, 6) is 1.29. The average molecular weight is 436 g/mol. The molecule has 0 spiro atoms. The van der Waals surface area contributed by atoms with Crippen molar-refractivity contribution >= 4 is 43.5 Å². The van der Waals surface area contributed by atoms with Gasteiger partial charge in [-0.15, -0.1) is 0 Å². The third-order valence-corrected chi connectivity index (χ3v) is 5.04. The summed E-state index contributed by atoms with van der Waals surface area (Å²) in [5, 5.41) is 0.650. The van der Waals surface area contributed by atoms with Crippen LogP contribution >= 0.6 is 43.5 Å². The highest BCUT2D eigenvalue weighted by atomic mass is 79.9. The molecule has 0 aliphatic carbocycles. The standard InChI is InChI=1S/C15H14Br2ClNO2/c1-20-13-6-9(10(16)7-14(13)21-2)15(19)8-3-4-12(18)11(17)5-8/h3-7,15H,19H2,1-2H3. The van der Waals surface area contributed by atoms with Crippen LogP contribution in [0.5, 0.6) is 11.5 Å². The molecule has 2 rings (SSSR count). The lowest BCUT2D eigenvalue weighted by Gasteiger charge is -2.18. The van der Waals surface area contributed by atoms with Crippen molar-refractivity contribution in [3.63, 3.8) is 0 Å². The predicted octanol–water partition coefficient (Wildman–Crippen LogP) is 4.93. The normalized spacial score (nSPS) is 12.1. The summed E-state index contributed by atoms with van der Waals surface area (Å²) in [5.41, 5.74) is 8.21. The minimum absolute atomic E-state index is 0.312. The highest BCUT2D eigenvalue weighted by molar-refractivity contribution is 9.10. The van der Waals surface area contributed by atoms with E-state index in [9.17, 15) is 0 Å². The molecule has 0 amide bonds. The minimum atomic E-state index is -0.312. The van der Waals surface area contributed by atoms with E-state index in [1.54, 1.807) is 14.2 Å². The maximum atomic E-state index is 6.36. The van der Waals surface area contributed by atoms with Crippen LogP contribution in [-0.4, -0.2) is 14.2 Å². The van der Waals surface area contributed by atoms with Crippen LogP contribution in [0.25, 0.3) is 0 Å². The molecule has 0 fully saturated rings. The number of hydrogen-bond donors (Lipinski definition) is 1. The molecule has 0 aliphatic heterocycles. The number of halogens is 3. The van der Waals surface area contributed by atoms with Gasteiger partial charge in [0.25, 0.3) is 0 Å². The monoisotopic (exact) mass is 433 g/mol. The Bertz CT molecular complexity index is 664. The number of hydrogen-bond acceptors (Lipinski definition) is 3. The summed E-state index contributed by atoms with van der Waals surface area (Å²) < 4.78 is 12.3. The van der Waals surface area contributed by atoms with Crippen LogP contribution in [0, 0.1) is 0 Å². The zero-order chi connectivity index (χ0) is 15.6. The van der Waals surface area contributed by atoms with E-state index >= 15 is 0 Å². The number of methoxy groups -OCH3 is 2. The summed E-state index contributed by atoms with van der Waals surface area (Å²) >= 11 is 13.0. The fraction of sp³-hybridized carbons (Fsp3) is 0.200. The third-order valence-electron chi connectivity index (χ3n) is 3.14. The summed E-state index contributed by atoms with van der Waals surface area (Å²) in [6.45, 7) is 0. The van der Waals surface area contributed by atoms with Crippen molar-refractivity contribution in [1.82, 2.24) is 0 Å². The maximum absolute atomic E-state index is 6.36. The van der Waals surface area contributed by atoms with E-state index in [1.807, 2.05) is 30.3 Å². The van der Waals surface area contributed by atoms with Crippen molar-refractivity contribution < 1.29 is 9.47 Å². The third kappa shape index (κ3) is 3.54. The van der Waals surface area contributed by atoms with Gasteiger partial charge in [-0.05, 0) is 51.3 Å². The molecule has 0 aliphatic rings. The van der Waals surface area contributed by atoms with E-state index in [2.05, 4.69) is 31.9 Å². The molecule has 112 valence electrons. The summed E-state index contributed by atoms with van der Waals surface area (Å²) in [7, 11) is 3.19. The lowest BCUT2D eigenvalue weighted by atomic mass is 9.99. The van der Waals surface area contributed by atoms with E-state index in [0.717, 1.165) is 20.1 Å². The molecule has 1 unspecified atom stereocenters. The van der Waals surface area contributed by atoms with E-state index < -0.39 is 0 Å². The van der Waals surface area contributed by atoms with Crippen molar-refractivity contribution in [2.24, 2.45) is 5.73 Å². The lowest BCUT2D eigenvalue weighted by molar-refractivity contribution is 0.354. The molecule has 2 aromatic carbocycles. The quantitative estimate of drug-likeness (QED) is 0.741. The van der Waals surface area contributed by atoms with Gasteiger partial charge in [0.15, 0.2) is 11.5 Å². The first-order chi connectivity index (χ1) is 9.97. The van der Waals surface area contributed by atoms with Gasteiger partial charge in [-0.1, -0.05) is 33.6 Å². The second-order valence-corrected chi connectivity index (χ2v) is 6.50. The second kappa shape index (κ2) is 7.01. The Hall–Kier alpha value is -0.750. The van der Waals surface area contributed by atoms with Crippen LogP contribution in [0.3, 0.4) is 0 Å². The molecule has 21 heavy (non-hydrogen) atoms. The van der Waals surface area contributed by atoms with Crippen molar-refractivity contribution in [2.45, 2.75) is 6.04 Å². The average Bonchev–Trinajstić information content (AvgIpc) is 2.49. The molecule has 0 radical (unpaired) electrons. The number of rotatable bonds is 4. The van der Waals surface area contributed by atoms with Crippen LogP contribution in [0.1, 0.15) is 17.2 Å². The Balaban J connectivity index is 2.47. The Morgan fingerprint density at radius 2 is 1.62 bits per heavy atom. The summed E-state index contributed by atoms with van der Waals surface area (Å²) in [6, 6.07) is 9.04. The SMILES string of the molecule is COc1cc(Br)c(C(N)c2ccc(Cl)c(Br)c2)cc1OC. The molecule has 2 N–H and O–H groups in total. The van der Waals surface area contributed by atoms with E-state index in [-0.39, 0.29) is 6.04 Å². The maximum Gasteiger partial charge on any atom is 0.161 e. The molecule has 0 saturated heterocycles. The first kappa shape index (κ1) is 16.6. The van der Waals surface area contributed by atoms with Crippen molar-refractivity contribution in [1.29, 1.82) is 0 Å². The zero-order valence-corrected chi connectivity index (χ0v) is 15.4. The molecule has 3 nitrogen and oxygen atoms in total. The van der Waals surface area contributed by atoms with E-state index in [0.29, 0.717) is 16.5 Å². The molecule has 1 atom stereocenters. The zero-order valence-electron chi connectivity index (χ0n) is 11.5. The number of ether oxygens (including phenoxy) is 2. The van der Waals surface area contributed by atoms with Gasteiger partial charge >= 0.3 is 0 Å². The highest BCUT2D eigenvalue weighted by Crippen LogP contribution is 2.38. The van der Waals surface area contributed by atoms with Crippen LogP contribution in [0.15, 0.2) is 39.3 Å². The van der Waals surface area contributed by atoms with Gasteiger partial charge in [-0.2, -0.15) is 0 Å². The molecule has 0 bridgehead atoms.